The zero-order valence-electron chi connectivity index (χ0n) is 16.1. The van der Waals surface area contributed by atoms with E-state index in [0.29, 0.717) is 32.7 Å². The summed E-state index contributed by atoms with van der Waals surface area (Å²) in [4.78, 5) is 27.8. The Labute approximate surface area is 161 Å². The lowest BCUT2D eigenvalue weighted by Crippen LogP contribution is -2.51. The quantitative estimate of drug-likeness (QED) is 0.880. The molecular formula is C21H30N2O4. The minimum atomic E-state index is -0.114. The van der Waals surface area contributed by atoms with E-state index < -0.39 is 0 Å². The van der Waals surface area contributed by atoms with Crippen LogP contribution in [0.1, 0.15) is 37.7 Å². The van der Waals surface area contributed by atoms with Crippen LogP contribution in [0.5, 0.6) is 5.75 Å². The van der Waals surface area contributed by atoms with Crippen molar-refractivity contribution in [3.05, 3.63) is 29.8 Å². The van der Waals surface area contributed by atoms with Crippen LogP contribution in [0.3, 0.4) is 0 Å². The van der Waals surface area contributed by atoms with E-state index in [9.17, 15) is 9.59 Å². The summed E-state index contributed by atoms with van der Waals surface area (Å²) in [5.74, 6) is 0.816. The van der Waals surface area contributed by atoms with Crippen molar-refractivity contribution < 1.29 is 19.1 Å². The molecule has 2 fully saturated rings. The Bertz CT molecular complexity index is 632. The fraction of sp³-hybridized carbons (Fsp3) is 0.619. The minimum absolute atomic E-state index is 0.0115. The number of carbonyl (C=O) groups is 2. The summed E-state index contributed by atoms with van der Waals surface area (Å²) < 4.78 is 10.8. The molecule has 0 spiro atoms. The van der Waals surface area contributed by atoms with Gasteiger partial charge in [-0.2, -0.15) is 0 Å². The third kappa shape index (κ3) is 5.22. The molecule has 0 aromatic heterocycles. The van der Waals surface area contributed by atoms with Gasteiger partial charge in [0.2, 0.25) is 11.8 Å². The van der Waals surface area contributed by atoms with Gasteiger partial charge in [-0.1, -0.05) is 25.0 Å². The van der Waals surface area contributed by atoms with Gasteiger partial charge in [0.25, 0.3) is 0 Å². The number of carbonyl (C=O) groups excluding carboxylic acids is 2. The van der Waals surface area contributed by atoms with Gasteiger partial charge >= 0.3 is 0 Å². The molecule has 1 saturated carbocycles. The van der Waals surface area contributed by atoms with E-state index in [1.165, 1.54) is 0 Å². The van der Waals surface area contributed by atoms with Crippen molar-refractivity contribution in [3.63, 3.8) is 0 Å². The minimum Gasteiger partial charge on any atom is -0.497 e. The molecule has 1 saturated heterocycles. The Morgan fingerprint density at radius 3 is 2.74 bits per heavy atom. The number of benzene rings is 1. The number of amides is 2. The Kier molecular flexibility index (Phi) is 7.10. The summed E-state index contributed by atoms with van der Waals surface area (Å²) in [7, 11) is 1.63. The van der Waals surface area contributed by atoms with E-state index in [1.807, 2.05) is 29.2 Å². The fourth-order valence-corrected chi connectivity index (χ4v) is 4.10. The Balaban J connectivity index is 1.76. The van der Waals surface area contributed by atoms with E-state index in [4.69, 9.17) is 9.47 Å². The van der Waals surface area contributed by atoms with Gasteiger partial charge < -0.3 is 19.7 Å². The molecular weight excluding hydrogens is 344 g/mol. The average Bonchev–Trinajstić information content (AvgIpc) is 2.73. The second kappa shape index (κ2) is 9.74. The van der Waals surface area contributed by atoms with Gasteiger partial charge in [-0.3, -0.25) is 9.59 Å². The molecule has 0 radical (unpaired) electrons. The van der Waals surface area contributed by atoms with Crippen molar-refractivity contribution in [2.45, 2.75) is 44.6 Å². The second-order valence-corrected chi connectivity index (χ2v) is 7.33. The topological polar surface area (TPSA) is 67.9 Å². The highest BCUT2D eigenvalue weighted by molar-refractivity contribution is 5.83. The van der Waals surface area contributed by atoms with Crippen LogP contribution in [0.2, 0.25) is 0 Å². The van der Waals surface area contributed by atoms with Crippen LogP contribution in [0.4, 0.5) is 0 Å². The molecule has 6 heteroatoms. The van der Waals surface area contributed by atoms with Crippen LogP contribution in [0.15, 0.2) is 24.3 Å². The molecule has 0 bridgehead atoms. The number of nitrogens with one attached hydrogen (secondary N) is 1. The Hall–Kier alpha value is -2.08. The number of rotatable bonds is 3. The summed E-state index contributed by atoms with van der Waals surface area (Å²) in [6.45, 7) is 2.33. The molecule has 2 unspecified atom stereocenters. The Morgan fingerprint density at radius 2 is 1.96 bits per heavy atom. The number of hydrogen-bond donors (Lipinski definition) is 1. The largest absolute Gasteiger partial charge is 0.497 e. The third-order valence-corrected chi connectivity index (χ3v) is 5.53. The summed E-state index contributed by atoms with van der Waals surface area (Å²) in [6, 6.07) is 7.59. The van der Waals surface area contributed by atoms with Crippen LogP contribution < -0.4 is 10.1 Å². The molecule has 1 aromatic carbocycles. The molecule has 6 nitrogen and oxygen atoms in total. The van der Waals surface area contributed by atoms with E-state index in [1.54, 1.807) is 7.11 Å². The SMILES string of the molecule is COc1ccc(CC(=O)N2CCCOCCNC(=O)C3CCCCC32)cc1. The number of ether oxygens (including phenoxy) is 2. The van der Waals surface area contributed by atoms with Crippen LogP contribution in [-0.4, -0.2) is 56.2 Å². The molecule has 1 aromatic rings. The van der Waals surface area contributed by atoms with E-state index >= 15 is 0 Å². The second-order valence-electron chi connectivity index (χ2n) is 7.33. The van der Waals surface area contributed by atoms with Gasteiger partial charge in [0.05, 0.1) is 26.1 Å². The molecule has 2 aliphatic rings. The van der Waals surface area contributed by atoms with E-state index in [0.717, 1.165) is 43.4 Å². The maximum Gasteiger partial charge on any atom is 0.227 e. The van der Waals surface area contributed by atoms with Crippen molar-refractivity contribution in [1.29, 1.82) is 0 Å². The highest BCUT2D eigenvalue weighted by Gasteiger charge is 2.36. The van der Waals surface area contributed by atoms with Crippen molar-refractivity contribution in [1.82, 2.24) is 10.2 Å². The van der Waals surface area contributed by atoms with Crippen molar-refractivity contribution in [2.24, 2.45) is 5.92 Å². The smallest absolute Gasteiger partial charge is 0.227 e. The van der Waals surface area contributed by atoms with Gasteiger partial charge in [-0.25, -0.2) is 0 Å². The van der Waals surface area contributed by atoms with Gasteiger partial charge in [-0.05, 0) is 37.0 Å². The lowest BCUT2D eigenvalue weighted by Gasteiger charge is -2.39. The van der Waals surface area contributed by atoms with Crippen molar-refractivity contribution in [2.75, 3.05) is 33.4 Å². The molecule has 2 amide bonds. The lowest BCUT2D eigenvalue weighted by molar-refractivity contribution is -0.138. The molecule has 3 rings (SSSR count). The van der Waals surface area contributed by atoms with E-state index in [-0.39, 0.29) is 23.8 Å². The fourth-order valence-electron chi connectivity index (χ4n) is 4.10. The van der Waals surface area contributed by atoms with Gasteiger partial charge in [0.1, 0.15) is 5.75 Å². The van der Waals surface area contributed by atoms with Crippen LogP contribution in [0.25, 0.3) is 0 Å². The zero-order valence-corrected chi connectivity index (χ0v) is 16.1. The maximum absolute atomic E-state index is 13.2. The van der Waals surface area contributed by atoms with Crippen LogP contribution in [-0.2, 0) is 20.7 Å². The monoisotopic (exact) mass is 374 g/mol. The van der Waals surface area contributed by atoms with Crippen LogP contribution in [0, 0.1) is 5.92 Å². The molecule has 27 heavy (non-hydrogen) atoms. The normalized spacial score (nSPS) is 24.3. The number of methoxy groups -OCH3 is 1. The molecule has 148 valence electrons. The Morgan fingerprint density at radius 1 is 1.19 bits per heavy atom. The first-order valence-corrected chi connectivity index (χ1v) is 9.97. The van der Waals surface area contributed by atoms with Crippen LogP contribution >= 0.6 is 0 Å². The highest BCUT2D eigenvalue weighted by atomic mass is 16.5. The summed E-state index contributed by atoms with van der Waals surface area (Å²) in [6.07, 6.45) is 5.00. The first kappa shape index (κ1) is 19.7. The lowest BCUT2D eigenvalue weighted by atomic mass is 9.82. The molecule has 1 N–H and O–H groups in total. The molecule has 1 aliphatic carbocycles. The first-order chi connectivity index (χ1) is 13.2. The molecule has 1 heterocycles. The maximum atomic E-state index is 13.2. The molecule has 1 aliphatic heterocycles. The third-order valence-electron chi connectivity index (χ3n) is 5.53. The summed E-state index contributed by atoms with van der Waals surface area (Å²) >= 11 is 0. The number of nitrogens with zero attached hydrogens (tertiary/aromatic N) is 1. The predicted octanol–water partition coefficient (Wildman–Crippen LogP) is 2.16. The van der Waals surface area contributed by atoms with Gasteiger partial charge in [0.15, 0.2) is 0 Å². The van der Waals surface area contributed by atoms with Crippen molar-refractivity contribution in [3.8, 4) is 5.75 Å². The summed E-state index contributed by atoms with van der Waals surface area (Å²) in [5.41, 5.74) is 0.961. The average molecular weight is 374 g/mol. The van der Waals surface area contributed by atoms with E-state index in [2.05, 4.69) is 5.32 Å². The molecule has 2 atom stereocenters. The number of fused-ring (bicyclic) bond motifs is 1. The standard InChI is InChI=1S/C21H30N2O4/c1-26-17-9-7-16(8-10-17)15-20(24)23-12-4-13-27-14-11-22-21(25)18-5-2-3-6-19(18)23/h7-10,18-19H,2-6,11-15H2,1H3,(H,22,25). The highest BCUT2D eigenvalue weighted by Crippen LogP contribution is 2.30. The van der Waals surface area contributed by atoms with Gasteiger partial charge in [0, 0.05) is 25.7 Å². The summed E-state index contributed by atoms with van der Waals surface area (Å²) in [5, 5.41) is 2.99. The number of hydrogen-bond acceptors (Lipinski definition) is 4. The van der Waals surface area contributed by atoms with Gasteiger partial charge in [-0.15, -0.1) is 0 Å². The van der Waals surface area contributed by atoms with Crippen molar-refractivity contribution >= 4 is 11.8 Å². The zero-order chi connectivity index (χ0) is 19.1. The first-order valence-electron chi connectivity index (χ1n) is 9.97. The predicted molar refractivity (Wildman–Crippen MR) is 103 cm³/mol.